The molecule has 0 spiro atoms. The van der Waals surface area contributed by atoms with Gasteiger partial charge in [-0.05, 0) is 17.5 Å². The van der Waals surface area contributed by atoms with Crippen molar-refractivity contribution in [1.29, 1.82) is 0 Å². The molecule has 0 aliphatic carbocycles. The standard InChI is InChI=1S/C17H13N3O3S/c21-16(11-24-17-9-8-13(10-18-17)20(22)23)19-15-7-3-5-12-4-1-2-6-14(12)15/h1-10H,11H2,(H,19,21). The molecule has 1 heterocycles. The summed E-state index contributed by atoms with van der Waals surface area (Å²) in [6.45, 7) is 0. The zero-order valence-corrected chi connectivity index (χ0v) is 13.3. The van der Waals surface area contributed by atoms with Crippen LogP contribution in [0.2, 0.25) is 0 Å². The van der Waals surface area contributed by atoms with Gasteiger partial charge in [-0.2, -0.15) is 0 Å². The van der Waals surface area contributed by atoms with E-state index in [9.17, 15) is 14.9 Å². The summed E-state index contributed by atoms with van der Waals surface area (Å²) < 4.78 is 0. The van der Waals surface area contributed by atoms with Gasteiger partial charge in [0.15, 0.2) is 0 Å². The van der Waals surface area contributed by atoms with Gasteiger partial charge >= 0.3 is 0 Å². The molecule has 0 atom stereocenters. The summed E-state index contributed by atoms with van der Waals surface area (Å²) in [4.78, 5) is 26.2. The SMILES string of the molecule is O=C(CSc1ccc([N+](=O)[O-])cn1)Nc1cccc2ccccc12. The monoisotopic (exact) mass is 339 g/mol. The van der Waals surface area contributed by atoms with Gasteiger partial charge in [-0.3, -0.25) is 14.9 Å². The van der Waals surface area contributed by atoms with Crippen molar-refractivity contribution in [3.63, 3.8) is 0 Å². The summed E-state index contributed by atoms with van der Waals surface area (Å²) in [5.41, 5.74) is 0.690. The number of pyridine rings is 1. The molecule has 0 radical (unpaired) electrons. The Bertz CT molecular complexity index is 892. The normalized spacial score (nSPS) is 10.5. The summed E-state index contributed by atoms with van der Waals surface area (Å²) >= 11 is 1.23. The lowest BCUT2D eigenvalue weighted by Crippen LogP contribution is -2.14. The summed E-state index contributed by atoms with van der Waals surface area (Å²) in [6.07, 6.45) is 1.19. The molecule has 0 aliphatic rings. The number of rotatable bonds is 5. The van der Waals surface area contributed by atoms with E-state index in [0.29, 0.717) is 5.03 Å². The van der Waals surface area contributed by atoms with E-state index in [2.05, 4.69) is 10.3 Å². The predicted octanol–water partition coefficient (Wildman–Crippen LogP) is 3.87. The number of benzene rings is 2. The van der Waals surface area contributed by atoms with E-state index in [0.717, 1.165) is 16.5 Å². The molecule has 1 aromatic heterocycles. The molecule has 6 nitrogen and oxygen atoms in total. The lowest BCUT2D eigenvalue weighted by Gasteiger charge is -2.08. The Morgan fingerprint density at radius 1 is 1.12 bits per heavy atom. The molecule has 0 unspecified atom stereocenters. The number of amides is 1. The molecule has 7 heteroatoms. The van der Waals surface area contributed by atoms with Crippen LogP contribution >= 0.6 is 11.8 Å². The highest BCUT2D eigenvalue weighted by Crippen LogP contribution is 2.24. The smallest absolute Gasteiger partial charge is 0.287 e. The number of hydrogen-bond acceptors (Lipinski definition) is 5. The zero-order chi connectivity index (χ0) is 16.9. The first-order valence-electron chi connectivity index (χ1n) is 7.14. The lowest BCUT2D eigenvalue weighted by atomic mass is 10.1. The van der Waals surface area contributed by atoms with Crippen LogP contribution in [0, 0.1) is 10.1 Å². The molecule has 3 aromatic rings. The molecule has 0 fully saturated rings. The number of hydrogen-bond donors (Lipinski definition) is 1. The summed E-state index contributed by atoms with van der Waals surface area (Å²) in [5, 5.41) is 16.1. The summed E-state index contributed by atoms with van der Waals surface area (Å²) in [7, 11) is 0. The van der Waals surface area contributed by atoms with Gasteiger partial charge in [0.05, 0.1) is 15.7 Å². The number of aromatic nitrogens is 1. The van der Waals surface area contributed by atoms with Gasteiger partial charge in [0.2, 0.25) is 5.91 Å². The van der Waals surface area contributed by atoms with Crippen molar-refractivity contribution in [2.45, 2.75) is 5.03 Å². The molecule has 0 aliphatic heterocycles. The number of nitro groups is 1. The second-order valence-electron chi connectivity index (χ2n) is 4.98. The number of anilines is 1. The van der Waals surface area contributed by atoms with E-state index in [1.165, 1.54) is 30.1 Å². The van der Waals surface area contributed by atoms with Crippen molar-refractivity contribution in [1.82, 2.24) is 4.98 Å². The molecule has 2 aromatic carbocycles. The van der Waals surface area contributed by atoms with E-state index < -0.39 is 4.92 Å². The molecule has 3 rings (SSSR count). The van der Waals surface area contributed by atoms with Crippen LogP contribution in [0.5, 0.6) is 0 Å². The van der Waals surface area contributed by atoms with E-state index in [-0.39, 0.29) is 17.3 Å². The summed E-state index contributed by atoms with van der Waals surface area (Å²) in [6, 6.07) is 16.5. The Hall–Kier alpha value is -2.93. The topological polar surface area (TPSA) is 85.1 Å². The van der Waals surface area contributed by atoms with E-state index in [1.54, 1.807) is 0 Å². The molecule has 24 heavy (non-hydrogen) atoms. The van der Waals surface area contributed by atoms with E-state index in [1.807, 2.05) is 42.5 Å². The minimum absolute atomic E-state index is 0.0699. The average molecular weight is 339 g/mol. The van der Waals surface area contributed by atoms with Crippen molar-refractivity contribution in [2.24, 2.45) is 0 Å². The third-order valence-electron chi connectivity index (χ3n) is 3.35. The number of carbonyl (C=O) groups is 1. The molecule has 120 valence electrons. The fraction of sp³-hybridized carbons (Fsp3) is 0.0588. The first-order chi connectivity index (χ1) is 11.6. The van der Waals surface area contributed by atoms with Crippen LogP contribution in [0.15, 0.2) is 65.8 Å². The first kappa shape index (κ1) is 15.9. The largest absolute Gasteiger partial charge is 0.325 e. The fourth-order valence-electron chi connectivity index (χ4n) is 2.23. The van der Waals surface area contributed by atoms with Gasteiger partial charge in [0.25, 0.3) is 5.69 Å². The Labute approximate surface area is 142 Å². The third kappa shape index (κ3) is 3.69. The quantitative estimate of drug-likeness (QED) is 0.433. The van der Waals surface area contributed by atoms with Crippen LogP contribution in [0.4, 0.5) is 11.4 Å². The molecule has 0 bridgehead atoms. The van der Waals surface area contributed by atoms with Crippen molar-refractivity contribution >= 4 is 39.8 Å². The maximum Gasteiger partial charge on any atom is 0.287 e. The van der Waals surface area contributed by atoms with Gasteiger partial charge in [-0.15, -0.1) is 0 Å². The molecular weight excluding hydrogens is 326 g/mol. The lowest BCUT2D eigenvalue weighted by molar-refractivity contribution is -0.385. The highest BCUT2D eigenvalue weighted by Gasteiger charge is 2.09. The highest BCUT2D eigenvalue weighted by molar-refractivity contribution is 7.99. The molecule has 1 N–H and O–H groups in total. The number of fused-ring (bicyclic) bond motifs is 1. The van der Waals surface area contributed by atoms with Crippen LogP contribution in [-0.4, -0.2) is 21.6 Å². The molecule has 0 saturated carbocycles. The Morgan fingerprint density at radius 3 is 2.67 bits per heavy atom. The maximum absolute atomic E-state index is 12.1. The van der Waals surface area contributed by atoms with E-state index in [4.69, 9.17) is 0 Å². The maximum atomic E-state index is 12.1. The van der Waals surface area contributed by atoms with Crippen LogP contribution in [0.1, 0.15) is 0 Å². The van der Waals surface area contributed by atoms with Crippen molar-refractivity contribution in [3.05, 3.63) is 70.9 Å². The van der Waals surface area contributed by atoms with Crippen LogP contribution in [-0.2, 0) is 4.79 Å². The molecular formula is C17H13N3O3S. The van der Waals surface area contributed by atoms with Crippen molar-refractivity contribution < 1.29 is 9.72 Å². The minimum Gasteiger partial charge on any atom is -0.325 e. The highest BCUT2D eigenvalue weighted by atomic mass is 32.2. The number of nitrogens with zero attached hydrogens (tertiary/aromatic N) is 2. The van der Waals surface area contributed by atoms with Gasteiger partial charge in [-0.25, -0.2) is 4.98 Å². The first-order valence-corrected chi connectivity index (χ1v) is 8.13. The Balaban J connectivity index is 1.64. The van der Waals surface area contributed by atoms with Crippen LogP contribution < -0.4 is 5.32 Å². The number of carbonyl (C=O) groups excluding carboxylic acids is 1. The van der Waals surface area contributed by atoms with Crippen molar-refractivity contribution in [3.8, 4) is 0 Å². The van der Waals surface area contributed by atoms with E-state index >= 15 is 0 Å². The minimum atomic E-state index is -0.505. The van der Waals surface area contributed by atoms with Gasteiger partial charge in [-0.1, -0.05) is 48.2 Å². The second-order valence-corrected chi connectivity index (χ2v) is 5.97. The molecule has 1 amide bonds. The average Bonchev–Trinajstić information content (AvgIpc) is 2.61. The predicted molar refractivity (Wildman–Crippen MR) is 94.2 cm³/mol. The number of nitrogens with one attached hydrogen (secondary N) is 1. The molecule has 0 saturated heterocycles. The van der Waals surface area contributed by atoms with Crippen LogP contribution in [0.3, 0.4) is 0 Å². The van der Waals surface area contributed by atoms with Crippen LogP contribution in [0.25, 0.3) is 10.8 Å². The van der Waals surface area contributed by atoms with Crippen molar-refractivity contribution in [2.75, 3.05) is 11.1 Å². The zero-order valence-electron chi connectivity index (χ0n) is 12.5. The summed E-state index contributed by atoms with van der Waals surface area (Å²) in [5.74, 6) is 0.0186. The van der Waals surface area contributed by atoms with Gasteiger partial charge in [0.1, 0.15) is 6.20 Å². The second kappa shape index (κ2) is 7.10. The Morgan fingerprint density at radius 2 is 1.92 bits per heavy atom. The van der Waals surface area contributed by atoms with Gasteiger partial charge in [0, 0.05) is 17.1 Å². The third-order valence-corrected chi connectivity index (χ3v) is 4.29. The van der Waals surface area contributed by atoms with Gasteiger partial charge < -0.3 is 5.32 Å². The fourth-order valence-corrected chi connectivity index (χ4v) is 2.87. The Kier molecular flexibility index (Phi) is 4.72. The number of thioether (sulfide) groups is 1.